The lowest BCUT2D eigenvalue weighted by Gasteiger charge is -2.34. The van der Waals surface area contributed by atoms with Gasteiger partial charge < -0.3 is 61.0 Å². The third-order valence-electron chi connectivity index (χ3n) is 17.7. The van der Waals surface area contributed by atoms with E-state index in [2.05, 4.69) is 66.0 Å². The third kappa shape index (κ3) is 15.7. The van der Waals surface area contributed by atoms with E-state index in [1.807, 2.05) is 52.0 Å². The monoisotopic (exact) mass is 1080 g/mol. The Morgan fingerprint density at radius 2 is 0.962 bits per heavy atom. The summed E-state index contributed by atoms with van der Waals surface area (Å²) in [6.45, 7) is 18.5. The normalized spacial score (nSPS) is 24.9. The van der Waals surface area contributed by atoms with Crippen LogP contribution >= 0.6 is 0 Å². The number of nitrogens with one attached hydrogen (secondary N) is 6. The Balaban J connectivity index is 0.879. The summed E-state index contributed by atoms with van der Waals surface area (Å²) in [7, 11) is 3.43. The van der Waals surface area contributed by atoms with Crippen molar-refractivity contribution in [2.24, 2.45) is 11.8 Å². The number of likely N-dealkylation sites (N-methyl/N-ethyl adjacent to an activating group) is 2. The number of carbonyl (C=O) groups is 6. The van der Waals surface area contributed by atoms with Crippen molar-refractivity contribution in [2.75, 3.05) is 79.7 Å². The van der Waals surface area contributed by atoms with Crippen LogP contribution in [0.1, 0.15) is 140 Å². The van der Waals surface area contributed by atoms with Gasteiger partial charge in [-0.05, 0) is 113 Å². The van der Waals surface area contributed by atoms with Crippen LogP contribution in [0.4, 0.5) is 0 Å². The second kappa shape index (κ2) is 29.5. The summed E-state index contributed by atoms with van der Waals surface area (Å²) >= 11 is 0. The molecule has 18 heteroatoms. The number of aryl methyl sites for hydroxylation is 2. The van der Waals surface area contributed by atoms with Gasteiger partial charge in [0.2, 0.25) is 35.4 Å². The van der Waals surface area contributed by atoms with E-state index in [9.17, 15) is 28.8 Å². The van der Waals surface area contributed by atoms with Gasteiger partial charge in [0.15, 0.2) is 0 Å². The molecule has 3 fully saturated rings. The summed E-state index contributed by atoms with van der Waals surface area (Å²) in [4.78, 5) is 92.0. The molecule has 6 amide bonds. The maximum absolute atomic E-state index is 14.5. The van der Waals surface area contributed by atoms with Gasteiger partial charge in [0.05, 0.1) is 36.4 Å². The quantitative estimate of drug-likeness (QED) is 0.0740. The minimum Gasteiger partial charge on any atom is -0.376 e. The van der Waals surface area contributed by atoms with E-state index in [0.29, 0.717) is 38.9 Å². The van der Waals surface area contributed by atoms with Crippen LogP contribution in [0.2, 0.25) is 0 Å². The van der Waals surface area contributed by atoms with Crippen molar-refractivity contribution in [3.05, 3.63) is 70.8 Å². The van der Waals surface area contributed by atoms with Crippen molar-refractivity contribution in [3.8, 4) is 0 Å². The number of carbonyl (C=O) groups excluding carboxylic acids is 6. The maximum atomic E-state index is 14.5. The molecular formula is C60H94N10O8. The van der Waals surface area contributed by atoms with E-state index in [1.165, 1.54) is 11.1 Å². The topological polar surface area (TPSA) is 206 Å². The predicted octanol–water partition coefficient (Wildman–Crippen LogP) is 4.02. The van der Waals surface area contributed by atoms with Gasteiger partial charge in [-0.25, -0.2) is 0 Å². The number of amides is 6. The Bertz CT molecular complexity index is 2160. The predicted molar refractivity (Wildman–Crippen MR) is 302 cm³/mol. The number of benzene rings is 2. The highest BCUT2D eigenvalue weighted by Gasteiger charge is 2.46. The van der Waals surface area contributed by atoms with Gasteiger partial charge in [0.1, 0.15) is 24.2 Å². The van der Waals surface area contributed by atoms with Gasteiger partial charge in [-0.2, -0.15) is 0 Å². The molecule has 0 spiro atoms. The lowest BCUT2D eigenvalue weighted by Crippen LogP contribution is -2.57. The average Bonchev–Trinajstić information content (AvgIpc) is 4.12. The SMILES string of the molecule is CCC(C)[C@H](NC(=O)[C@H](C)NC)C(=O)N1C[C@@H](OCCCN2CCN(CCCO[C@H]3C[C@@H](C(=O)N[C@@H]4CCCc5ccccc54)N(C(=O)[C@@H](NC(=O)[C@H](C)NC)C(C)CC)C3)CC2)C[C@H]1C(=O)N[C@@H]1CCCc2ccccc21. The molecule has 5 aliphatic rings. The first-order chi connectivity index (χ1) is 37.6. The molecule has 78 heavy (non-hydrogen) atoms. The molecule has 432 valence electrons. The molecular weight excluding hydrogens is 989 g/mol. The van der Waals surface area contributed by atoms with Gasteiger partial charge >= 0.3 is 0 Å². The lowest BCUT2D eigenvalue weighted by molar-refractivity contribution is -0.143. The fourth-order valence-corrected chi connectivity index (χ4v) is 12.0. The van der Waals surface area contributed by atoms with Crippen molar-refractivity contribution < 1.29 is 38.2 Å². The van der Waals surface area contributed by atoms with E-state index in [-0.39, 0.29) is 84.7 Å². The minimum absolute atomic E-state index is 0.125. The van der Waals surface area contributed by atoms with Gasteiger partial charge in [0, 0.05) is 78.4 Å². The summed E-state index contributed by atoms with van der Waals surface area (Å²) in [6.07, 6.45) is 8.73. The van der Waals surface area contributed by atoms with Crippen LogP contribution < -0.4 is 31.9 Å². The standard InChI is InChI=1S/C60H94N10O8/c1-9-39(3)53(65-55(71)41(5)61-7)59(75)69-37-45(35-51(69)57(73)63-49-25-15-21-43-19-11-13-23-47(43)49)77-33-17-27-67-29-31-68(32-30-67)28-18-34-78-46-36-52(58(74)64-50-26-16-22-44-20-12-14-24-48(44)50)70(38-46)60(76)54(40(4)10-2)66-56(72)42(6)62-8/h11-14,19-20,23-24,39-42,45-46,49-54,61-62H,9-10,15-18,21-22,25-38H2,1-8H3,(H,63,73)(H,64,74)(H,65,71)(H,66,72)/t39?,40?,41-,42-,45-,46-,49+,50+,51-,52-,53-,54-/m0/s1. The van der Waals surface area contributed by atoms with E-state index < -0.39 is 36.3 Å². The zero-order valence-electron chi connectivity index (χ0n) is 48.2. The zero-order chi connectivity index (χ0) is 55.9. The van der Waals surface area contributed by atoms with E-state index in [1.54, 1.807) is 37.7 Å². The maximum Gasteiger partial charge on any atom is 0.246 e. The molecule has 0 bridgehead atoms. The van der Waals surface area contributed by atoms with E-state index in [4.69, 9.17) is 9.47 Å². The number of fused-ring (bicyclic) bond motifs is 2. The molecule has 7 rings (SSSR count). The molecule has 0 aromatic heterocycles. The first kappa shape index (κ1) is 60.7. The molecule has 3 aliphatic heterocycles. The highest BCUT2D eigenvalue weighted by molar-refractivity contribution is 5.95. The van der Waals surface area contributed by atoms with Crippen LogP contribution in [-0.4, -0.2) is 183 Å². The second-order valence-electron chi connectivity index (χ2n) is 22.9. The van der Waals surface area contributed by atoms with Crippen molar-refractivity contribution in [3.63, 3.8) is 0 Å². The van der Waals surface area contributed by atoms with Crippen LogP contribution in [0.15, 0.2) is 48.5 Å². The van der Waals surface area contributed by atoms with Crippen LogP contribution in [0, 0.1) is 11.8 Å². The Morgan fingerprint density at radius 3 is 1.33 bits per heavy atom. The number of ether oxygens (including phenoxy) is 2. The van der Waals surface area contributed by atoms with Gasteiger partial charge in [-0.15, -0.1) is 0 Å². The summed E-state index contributed by atoms with van der Waals surface area (Å²) in [6, 6.07) is 12.3. The number of likely N-dealkylation sites (tertiary alicyclic amines) is 2. The van der Waals surface area contributed by atoms with Crippen molar-refractivity contribution in [2.45, 2.75) is 179 Å². The Labute approximate surface area is 465 Å². The van der Waals surface area contributed by atoms with Crippen LogP contribution in [-0.2, 0) is 51.1 Å². The zero-order valence-corrected chi connectivity index (χ0v) is 48.2. The Morgan fingerprint density at radius 1 is 0.577 bits per heavy atom. The summed E-state index contributed by atoms with van der Waals surface area (Å²) in [5.74, 6) is -1.65. The molecule has 18 nitrogen and oxygen atoms in total. The fraction of sp³-hybridized carbons (Fsp3) is 0.700. The van der Waals surface area contributed by atoms with Crippen LogP contribution in [0.5, 0.6) is 0 Å². The molecule has 12 atom stereocenters. The number of piperazine rings is 1. The van der Waals surface area contributed by atoms with Crippen molar-refractivity contribution in [1.29, 1.82) is 0 Å². The first-order valence-electron chi connectivity index (χ1n) is 29.6. The van der Waals surface area contributed by atoms with Crippen LogP contribution in [0.25, 0.3) is 0 Å². The summed E-state index contributed by atoms with van der Waals surface area (Å²) < 4.78 is 13.0. The third-order valence-corrected chi connectivity index (χ3v) is 17.7. The number of nitrogens with zero attached hydrogens (tertiary/aromatic N) is 4. The number of rotatable bonds is 26. The Hall–Kier alpha value is -4.98. The second-order valence-corrected chi connectivity index (χ2v) is 22.9. The molecule has 6 N–H and O–H groups in total. The fourth-order valence-electron chi connectivity index (χ4n) is 12.0. The van der Waals surface area contributed by atoms with Crippen molar-refractivity contribution in [1.82, 2.24) is 51.5 Å². The van der Waals surface area contributed by atoms with Crippen molar-refractivity contribution >= 4 is 35.4 Å². The average molecular weight is 1080 g/mol. The molecule has 2 aromatic carbocycles. The largest absolute Gasteiger partial charge is 0.376 e. The number of hydrogen-bond donors (Lipinski definition) is 6. The molecule has 2 aliphatic carbocycles. The molecule has 2 unspecified atom stereocenters. The molecule has 0 saturated carbocycles. The minimum atomic E-state index is -0.773. The Kier molecular flexibility index (Phi) is 22.9. The summed E-state index contributed by atoms with van der Waals surface area (Å²) in [5, 5.41) is 18.6. The lowest BCUT2D eigenvalue weighted by atomic mass is 9.87. The highest BCUT2D eigenvalue weighted by Crippen LogP contribution is 2.33. The van der Waals surface area contributed by atoms with Gasteiger partial charge in [0.25, 0.3) is 0 Å². The first-order valence-corrected chi connectivity index (χ1v) is 29.6. The smallest absolute Gasteiger partial charge is 0.246 e. The summed E-state index contributed by atoms with van der Waals surface area (Å²) in [5.41, 5.74) is 4.77. The molecule has 2 aromatic rings. The van der Waals surface area contributed by atoms with E-state index in [0.717, 1.165) is 102 Å². The number of hydrogen-bond acceptors (Lipinski definition) is 12. The molecule has 0 radical (unpaired) electrons. The van der Waals surface area contributed by atoms with Crippen LogP contribution in [0.3, 0.4) is 0 Å². The highest BCUT2D eigenvalue weighted by atomic mass is 16.5. The van der Waals surface area contributed by atoms with Gasteiger partial charge in [-0.3, -0.25) is 28.8 Å². The van der Waals surface area contributed by atoms with Gasteiger partial charge in [-0.1, -0.05) is 89.1 Å². The molecule has 3 heterocycles. The van der Waals surface area contributed by atoms with E-state index >= 15 is 0 Å². The molecule has 3 saturated heterocycles.